The van der Waals surface area contributed by atoms with E-state index in [-0.39, 0.29) is 0 Å². The summed E-state index contributed by atoms with van der Waals surface area (Å²) in [5.74, 6) is -1.46. The third kappa shape index (κ3) is 4.48. The number of aromatic amines is 1. The summed E-state index contributed by atoms with van der Waals surface area (Å²) in [5, 5.41) is 42.6. The number of hydrogen-bond donors (Lipinski definition) is 1. The Morgan fingerprint density at radius 2 is 1.50 bits per heavy atom. The van der Waals surface area contributed by atoms with Crippen molar-refractivity contribution in [3.63, 3.8) is 0 Å². The molecule has 0 aliphatic heterocycles. The first-order chi connectivity index (χ1) is 11.1. The monoisotopic (exact) mass is 357 g/mol. The molecule has 3 N–H and O–H groups in total. The minimum absolute atomic E-state index is 0.384. The smallest absolute Gasteiger partial charge is 0.296 e. The predicted octanol–water partition coefficient (Wildman–Crippen LogP) is 1.22. The number of nitro groups is 3. The number of halogens is 1. The van der Waals surface area contributed by atoms with Crippen LogP contribution in [0.1, 0.15) is 0 Å². The van der Waals surface area contributed by atoms with E-state index in [0.29, 0.717) is 23.0 Å². The minimum atomic E-state index is -1.46. The number of pyridine rings is 1. The van der Waals surface area contributed by atoms with Crippen LogP contribution in [0.5, 0.6) is 5.75 Å². The van der Waals surface area contributed by atoms with E-state index in [1.165, 1.54) is 0 Å². The van der Waals surface area contributed by atoms with Crippen LogP contribution in [-0.2, 0) is 0 Å². The molecule has 0 saturated carbocycles. The van der Waals surface area contributed by atoms with E-state index in [1.54, 1.807) is 18.3 Å². The van der Waals surface area contributed by atoms with Crippen LogP contribution in [-0.4, -0.2) is 14.8 Å². The molecule has 0 aliphatic carbocycles. The molecule has 0 bridgehead atoms. The molecule has 2 rings (SSSR count). The molecule has 0 spiro atoms. The quantitative estimate of drug-likeness (QED) is 0.480. The zero-order valence-corrected chi connectivity index (χ0v) is 12.3. The van der Waals surface area contributed by atoms with Gasteiger partial charge in [-0.2, -0.15) is 4.98 Å². The van der Waals surface area contributed by atoms with Gasteiger partial charge < -0.3 is 10.8 Å². The number of aromatic nitrogens is 1. The fraction of sp³-hybridized carbons (Fsp3) is 0. The lowest BCUT2D eigenvalue weighted by molar-refractivity contribution is -0.420. The number of nitrogen functional groups attached to an aromatic ring is 1. The fourth-order valence-electron chi connectivity index (χ4n) is 1.39. The molecule has 13 heteroatoms. The Bertz CT molecular complexity index is 757. The van der Waals surface area contributed by atoms with Gasteiger partial charge in [0, 0.05) is 6.07 Å². The van der Waals surface area contributed by atoms with Gasteiger partial charge >= 0.3 is 0 Å². The normalized spacial score (nSPS) is 9.54. The summed E-state index contributed by atoms with van der Waals surface area (Å²) < 4.78 is 0. The number of nitrogens with zero attached hydrogens (tertiary/aromatic N) is 3. The third-order valence-corrected chi connectivity index (χ3v) is 2.80. The summed E-state index contributed by atoms with van der Waals surface area (Å²) in [4.78, 5) is 30.3. The fourth-order valence-corrected chi connectivity index (χ4v) is 1.52. The standard InChI is InChI=1S/C6H3N3O7.C5H5ClN2/c10-6-4(8(13)14)1-3(7(11)12)2-5(6)9(15)16;6-5-4(7)2-1-3-8-5/h1-2,10H;1-3H,7H2. The van der Waals surface area contributed by atoms with Gasteiger partial charge in [-0.3, -0.25) is 30.3 Å². The van der Waals surface area contributed by atoms with Crippen LogP contribution in [0.3, 0.4) is 0 Å². The van der Waals surface area contributed by atoms with Crippen molar-refractivity contribution >= 4 is 34.4 Å². The van der Waals surface area contributed by atoms with E-state index in [4.69, 9.17) is 17.3 Å². The topological polar surface area (TPSA) is 193 Å². The van der Waals surface area contributed by atoms with Crippen molar-refractivity contribution in [3.05, 3.63) is 66.0 Å². The summed E-state index contributed by atoms with van der Waals surface area (Å²) in [5.41, 5.74) is 2.67. The zero-order valence-electron chi connectivity index (χ0n) is 11.5. The highest BCUT2D eigenvalue weighted by Gasteiger charge is 2.24. The number of benzene rings is 1. The molecule has 1 aromatic heterocycles. The summed E-state index contributed by atoms with van der Waals surface area (Å²) in [6.45, 7) is 0. The highest BCUT2D eigenvalue weighted by molar-refractivity contribution is 6.30. The SMILES string of the molecule is Nc1ccc[nH+]c1Cl.O=[N+]([O-])c1cc([N+](=O)[O-])c([O-])c([N+](=O)[O-])c1. The van der Waals surface area contributed by atoms with Gasteiger partial charge in [-0.1, -0.05) is 0 Å². The highest BCUT2D eigenvalue weighted by Crippen LogP contribution is 2.36. The summed E-state index contributed by atoms with van der Waals surface area (Å²) in [6, 6.07) is 4.30. The Morgan fingerprint density at radius 3 is 1.79 bits per heavy atom. The van der Waals surface area contributed by atoms with Crippen LogP contribution in [0.25, 0.3) is 0 Å². The predicted molar refractivity (Wildman–Crippen MR) is 78.3 cm³/mol. The molecule has 0 amide bonds. The molecule has 0 fully saturated rings. The minimum Gasteiger partial charge on any atom is -0.863 e. The van der Waals surface area contributed by atoms with Crippen LogP contribution in [0.2, 0.25) is 5.15 Å². The van der Waals surface area contributed by atoms with Crippen molar-refractivity contribution in [3.8, 4) is 5.75 Å². The van der Waals surface area contributed by atoms with E-state index in [9.17, 15) is 35.4 Å². The second-order valence-corrected chi connectivity index (χ2v) is 4.40. The van der Waals surface area contributed by atoms with Gasteiger partial charge in [0.2, 0.25) is 0 Å². The van der Waals surface area contributed by atoms with Crippen LogP contribution in [0.15, 0.2) is 30.5 Å². The first-order valence-corrected chi connectivity index (χ1v) is 6.22. The molecule has 0 aliphatic rings. The molecule has 24 heavy (non-hydrogen) atoms. The van der Waals surface area contributed by atoms with Gasteiger partial charge in [0.05, 0.1) is 32.7 Å². The molecule has 2 aromatic rings. The molecular weight excluding hydrogens is 350 g/mol. The maximum atomic E-state index is 11.1. The van der Waals surface area contributed by atoms with Gasteiger partial charge in [0.15, 0.2) is 6.20 Å². The van der Waals surface area contributed by atoms with Crippen molar-refractivity contribution in [2.75, 3.05) is 5.73 Å². The molecule has 0 atom stereocenters. The van der Waals surface area contributed by atoms with Crippen molar-refractivity contribution in [2.24, 2.45) is 0 Å². The largest absolute Gasteiger partial charge is 0.863 e. The first kappa shape index (κ1) is 18.5. The van der Waals surface area contributed by atoms with Crippen LogP contribution in [0, 0.1) is 30.3 Å². The number of anilines is 1. The van der Waals surface area contributed by atoms with Crippen molar-refractivity contribution in [1.82, 2.24) is 0 Å². The van der Waals surface area contributed by atoms with Crippen LogP contribution >= 0.6 is 11.6 Å². The van der Waals surface area contributed by atoms with E-state index in [1.807, 2.05) is 0 Å². The van der Waals surface area contributed by atoms with Gasteiger partial charge in [-0.05, 0) is 17.7 Å². The van der Waals surface area contributed by atoms with Gasteiger partial charge in [-0.25, -0.2) is 0 Å². The van der Waals surface area contributed by atoms with Crippen molar-refractivity contribution < 1.29 is 24.9 Å². The average molecular weight is 358 g/mol. The maximum absolute atomic E-state index is 11.1. The summed E-state index contributed by atoms with van der Waals surface area (Å²) in [7, 11) is 0. The summed E-state index contributed by atoms with van der Waals surface area (Å²) >= 11 is 5.53. The molecule has 0 saturated heterocycles. The van der Waals surface area contributed by atoms with Crippen LogP contribution in [0.4, 0.5) is 22.7 Å². The molecule has 0 unspecified atom stereocenters. The van der Waals surface area contributed by atoms with Crippen LogP contribution < -0.4 is 15.8 Å². The Morgan fingerprint density at radius 1 is 1.00 bits per heavy atom. The van der Waals surface area contributed by atoms with Crippen molar-refractivity contribution in [2.45, 2.75) is 0 Å². The lowest BCUT2D eigenvalue weighted by Crippen LogP contribution is -2.04. The highest BCUT2D eigenvalue weighted by atomic mass is 35.5. The van der Waals surface area contributed by atoms with Gasteiger partial charge in [-0.15, -0.1) is 0 Å². The number of nitro benzene ring substituents is 3. The molecule has 0 radical (unpaired) electrons. The molecule has 12 nitrogen and oxygen atoms in total. The Balaban J connectivity index is 0.000000300. The number of non-ortho nitro benzene ring substituents is 1. The maximum Gasteiger partial charge on any atom is 0.296 e. The second-order valence-electron chi connectivity index (χ2n) is 4.02. The van der Waals surface area contributed by atoms with Crippen molar-refractivity contribution in [1.29, 1.82) is 0 Å². The van der Waals surface area contributed by atoms with E-state index in [0.717, 1.165) is 0 Å². The number of hydrogen-bond acceptors (Lipinski definition) is 8. The first-order valence-electron chi connectivity index (χ1n) is 5.85. The molecular formula is C11H8ClN5O7. The Kier molecular flexibility index (Phi) is 5.89. The number of nitrogens with two attached hydrogens (primary N) is 1. The summed E-state index contributed by atoms with van der Waals surface area (Å²) in [6.07, 6.45) is 1.72. The molecule has 1 heterocycles. The molecule has 1 aromatic carbocycles. The van der Waals surface area contributed by atoms with Gasteiger partial charge in [0.25, 0.3) is 22.2 Å². The van der Waals surface area contributed by atoms with E-state index >= 15 is 0 Å². The zero-order chi connectivity index (χ0) is 18.4. The third-order valence-electron chi connectivity index (χ3n) is 2.47. The van der Waals surface area contributed by atoms with E-state index in [2.05, 4.69) is 4.98 Å². The number of rotatable bonds is 3. The van der Waals surface area contributed by atoms with E-state index < -0.39 is 37.6 Å². The second kappa shape index (κ2) is 7.64. The molecule has 126 valence electrons. The Hall–Kier alpha value is -3.54. The Labute approximate surface area is 137 Å². The lowest BCUT2D eigenvalue weighted by Gasteiger charge is -2.06. The van der Waals surface area contributed by atoms with Gasteiger partial charge in [0.1, 0.15) is 5.69 Å². The number of nitrogens with one attached hydrogen (secondary N) is 1. The average Bonchev–Trinajstić information content (AvgIpc) is 2.50. The number of H-pyrrole nitrogens is 1. The lowest BCUT2D eigenvalue weighted by atomic mass is 10.2.